The number of hydrogen-bond acceptors (Lipinski definition) is 3. The second-order valence-electron chi connectivity index (χ2n) is 6.60. The molecule has 1 fully saturated rings. The van der Waals surface area contributed by atoms with E-state index in [2.05, 4.69) is 43.1 Å². The van der Waals surface area contributed by atoms with Gasteiger partial charge in [0, 0.05) is 18.6 Å². The van der Waals surface area contributed by atoms with Crippen LogP contribution in [-0.2, 0) is 6.42 Å². The Morgan fingerprint density at radius 3 is 2.52 bits per heavy atom. The maximum atomic E-state index is 5.20. The van der Waals surface area contributed by atoms with Gasteiger partial charge in [0.25, 0.3) is 0 Å². The van der Waals surface area contributed by atoms with E-state index in [4.69, 9.17) is 4.74 Å². The van der Waals surface area contributed by atoms with Crippen LogP contribution in [0.5, 0.6) is 5.75 Å². The Bertz CT molecular complexity index is 416. The molecule has 0 saturated carbocycles. The van der Waals surface area contributed by atoms with E-state index in [0.717, 1.165) is 24.6 Å². The zero-order chi connectivity index (χ0) is 15.2. The second kappa shape index (κ2) is 7.81. The van der Waals surface area contributed by atoms with Gasteiger partial charge in [0.05, 0.1) is 7.11 Å². The predicted octanol–water partition coefficient (Wildman–Crippen LogP) is 2.95. The van der Waals surface area contributed by atoms with Crippen molar-refractivity contribution in [2.75, 3.05) is 26.7 Å². The molecular formula is C18H30N2O. The fourth-order valence-corrected chi connectivity index (χ4v) is 3.05. The molecule has 1 aromatic rings. The average Bonchev–Trinajstić information content (AvgIpc) is 2.95. The second-order valence-corrected chi connectivity index (χ2v) is 6.60. The molecule has 3 nitrogen and oxygen atoms in total. The third kappa shape index (κ3) is 5.01. The Morgan fingerprint density at radius 2 is 1.95 bits per heavy atom. The van der Waals surface area contributed by atoms with Crippen molar-refractivity contribution >= 4 is 0 Å². The number of hydrogen-bond donors (Lipinski definition) is 1. The number of benzene rings is 1. The van der Waals surface area contributed by atoms with Crippen molar-refractivity contribution in [2.45, 2.75) is 45.7 Å². The van der Waals surface area contributed by atoms with Gasteiger partial charge in [-0.15, -0.1) is 0 Å². The van der Waals surface area contributed by atoms with E-state index in [1.54, 1.807) is 7.11 Å². The standard InChI is InChI=1S/C18H30N2O/c1-14(2)20-10-9-17(13-20)12-19-15(3)11-16-5-7-18(21-4)8-6-16/h5-8,14-15,17,19H,9-13H2,1-4H3. The molecule has 0 bridgehead atoms. The molecule has 1 aliphatic heterocycles. The van der Waals surface area contributed by atoms with Crippen molar-refractivity contribution in [3.8, 4) is 5.75 Å². The minimum absolute atomic E-state index is 0.520. The molecule has 0 amide bonds. The molecule has 0 aliphatic carbocycles. The summed E-state index contributed by atoms with van der Waals surface area (Å²) in [5.41, 5.74) is 1.37. The fraction of sp³-hybridized carbons (Fsp3) is 0.667. The highest BCUT2D eigenvalue weighted by Crippen LogP contribution is 2.18. The lowest BCUT2D eigenvalue weighted by atomic mass is 10.1. The zero-order valence-corrected chi connectivity index (χ0v) is 13.9. The molecule has 1 N–H and O–H groups in total. The first kappa shape index (κ1) is 16.3. The third-order valence-corrected chi connectivity index (χ3v) is 4.50. The van der Waals surface area contributed by atoms with Crippen LogP contribution in [0, 0.1) is 5.92 Å². The molecule has 1 aliphatic rings. The highest BCUT2D eigenvalue weighted by molar-refractivity contribution is 5.27. The minimum atomic E-state index is 0.520. The van der Waals surface area contributed by atoms with E-state index in [9.17, 15) is 0 Å². The summed E-state index contributed by atoms with van der Waals surface area (Å²) in [5.74, 6) is 1.74. The Balaban J connectivity index is 1.71. The Morgan fingerprint density at radius 1 is 1.24 bits per heavy atom. The molecule has 1 heterocycles. The number of methoxy groups -OCH3 is 1. The molecule has 118 valence electrons. The summed E-state index contributed by atoms with van der Waals surface area (Å²) in [6.45, 7) is 10.5. The van der Waals surface area contributed by atoms with Crippen LogP contribution < -0.4 is 10.1 Å². The van der Waals surface area contributed by atoms with Gasteiger partial charge in [-0.05, 0) is 70.3 Å². The van der Waals surface area contributed by atoms with E-state index < -0.39 is 0 Å². The molecule has 0 radical (unpaired) electrons. The van der Waals surface area contributed by atoms with Gasteiger partial charge >= 0.3 is 0 Å². The van der Waals surface area contributed by atoms with Gasteiger partial charge in [-0.2, -0.15) is 0 Å². The van der Waals surface area contributed by atoms with Crippen LogP contribution >= 0.6 is 0 Å². The lowest BCUT2D eigenvalue weighted by Gasteiger charge is -2.21. The fourth-order valence-electron chi connectivity index (χ4n) is 3.05. The van der Waals surface area contributed by atoms with Gasteiger partial charge in [0.2, 0.25) is 0 Å². The highest BCUT2D eigenvalue weighted by atomic mass is 16.5. The van der Waals surface area contributed by atoms with Crippen LogP contribution in [0.2, 0.25) is 0 Å². The highest BCUT2D eigenvalue weighted by Gasteiger charge is 2.24. The van der Waals surface area contributed by atoms with E-state index in [0.29, 0.717) is 12.1 Å². The van der Waals surface area contributed by atoms with Crippen molar-refractivity contribution in [1.29, 1.82) is 0 Å². The minimum Gasteiger partial charge on any atom is -0.497 e. The molecule has 2 rings (SSSR count). The zero-order valence-electron chi connectivity index (χ0n) is 13.9. The molecule has 2 unspecified atom stereocenters. The summed E-state index contributed by atoms with van der Waals surface area (Å²) >= 11 is 0. The quantitative estimate of drug-likeness (QED) is 0.835. The number of nitrogens with zero attached hydrogens (tertiary/aromatic N) is 1. The number of rotatable bonds is 7. The predicted molar refractivity (Wildman–Crippen MR) is 89.0 cm³/mol. The molecule has 3 heteroatoms. The van der Waals surface area contributed by atoms with Crippen LogP contribution in [-0.4, -0.2) is 43.7 Å². The monoisotopic (exact) mass is 290 g/mol. The van der Waals surface area contributed by atoms with Crippen LogP contribution in [0.1, 0.15) is 32.8 Å². The molecule has 1 aromatic carbocycles. The third-order valence-electron chi connectivity index (χ3n) is 4.50. The number of ether oxygens (including phenoxy) is 1. The summed E-state index contributed by atoms with van der Waals surface area (Å²) < 4.78 is 5.20. The lowest BCUT2D eigenvalue weighted by Crippen LogP contribution is -2.35. The maximum Gasteiger partial charge on any atom is 0.118 e. The molecule has 0 aromatic heterocycles. The van der Waals surface area contributed by atoms with Crippen molar-refractivity contribution in [2.24, 2.45) is 5.92 Å². The van der Waals surface area contributed by atoms with Crippen molar-refractivity contribution in [3.63, 3.8) is 0 Å². The van der Waals surface area contributed by atoms with E-state index in [1.165, 1.54) is 25.1 Å². The van der Waals surface area contributed by atoms with Crippen LogP contribution in [0.25, 0.3) is 0 Å². The molecule has 21 heavy (non-hydrogen) atoms. The van der Waals surface area contributed by atoms with Gasteiger partial charge in [0.15, 0.2) is 0 Å². The Hall–Kier alpha value is -1.06. The van der Waals surface area contributed by atoms with Gasteiger partial charge in [0.1, 0.15) is 5.75 Å². The summed E-state index contributed by atoms with van der Waals surface area (Å²) in [6.07, 6.45) is 2.41. The first-order valence-corrected chi connectivity index (χ1v) is 8.19. The van der Waals surface area contributed by atoms with Crippen molar-refractivity contribution in [3.05, 3.63) is 29.8 Å². The number of likely N-dealkylation sites (tertiary alicyclic amines) is 1. The lowest BCUT2D eigenvalue weighted by molar-refractivity contribution is 0.263. The first-order chi connectivity index (χ1) is 10.1. The van der Waals surface area contributed by atoms with E-state index in [1.807, 2.05) is 12.1 Å². The largest absolute Gasteiger partial charge is 0.497 e. The first-order valence-electron chi connectivity index (χ1n) is 8.19. The summed E-state index contributed by atoms with van der Waals surface area (Å²) in [6, 6.07) is 9.61. The summed E-state index contributed by atoms with van der Waals surface area (Å²) in [4.78, 5) is 2.58. The average molecular weight is 290 g/mol. The van der Waals surface area contributed by atoms with Crippen molar-refractivity contribution in [1.82, 2.24) is 10.2 Å². The van der Waals surface area contributed by atoms with Crippen LogP contribution in [0.4, 0.5) is 0 Å². The van der Waals surface area contributed by atoms with E-state index >= 15 is 0 Å². The molecule has 0 spiro atoms. The maximum absolute atomic E-state index is 5.20. The van der Waals surface area contributed by atoms with Gasteiger partial charge in [-0.3, -0.25) is 0 Å². The topological polar surface area (TPSA) is 24.5 Å². The molecule has 2 atom stereocenters. The number of nitrogens with one attached hydrogen (secondary N) is 1. The van der Waals surface area contributed by atoms with Gasteiger partial charge in [-0.1, -0.05) is 12.1 Å². The van der Waals surface area contributed by atoms with Gasteiger partial charge < -0.3 is 15.0 Å². The van der Waals surface area contributed by atoms with Crippen molar-refractivity contribution < 1.29 is 4.74 Å². The van der Waals surface area contributed by atoms with Crippen LogP contribution in [0.3, 0.4) is 0 Å². The SMILES string of the molecule is COc1ccc(CC(C)NCC2CCN(C(C)C)C2)cc1. The molecular weight excluding hydrogens is 260 g/mol. The van der Waals surface area contributed by atoms with Gasteiger partial charge in [-0.25, -0.2) is 0 Å². The summed E-state index contributed by atoms with van der Waals surface area (Å²) in [7, 11) is 1.71. The summed E-state index contributed by atoms with van der Waals surface area (Å²) in [5, 5.41) is 3.70. The Kier molecular flexibility index (Phi) is 6.07. The normalized spacial score (nSPS) is 20.9. The Labute approximate surface area is 129 Å². The van der Waals surface area contributed by atoms with Crippen LogP contribution in [0.15, 0.2) is 24.3 Å². The smallest absolute Gasteiger partial charge is 0.118 e. The van der Waals surface area contributed by atoms with E-state index in [-0.39, 0.29) is 0 Å². The molecule has 1 saturated heterocycles.